The van der Waals surface area contributed by atoms with Gasteiger partial charge in [-0.05, 0) is 56.9 Å². The highest BCUT2D eigenvalue weighted by Crippen LogP contribution is 2.21. The molecule has 0 aliphatic heterocycles. The maximum atomic E-state index is 12.9. The van der Waals surface area contributed by atoms with Crippen LogP contribution in [0.4, 0.5) is 0 Å². The highest BCUT2D eigenvalue weighted by molar-refractivity contribution is 5.84. The van der Waals surface area contributed by atoms with Crippen molar-refractivity contribution in [3.8, 4) is 0 Å². The van der Waals surface area contributed by atoms with Crippen LogP contribution in [0.5, 0.6) is 0 Å². The Kier molecular flexibility index (Phi) is 5.88. The van der Waals surface area contributed by atoms with E-state index in [1.165, 1.54) is 0 Å². The molecule has 0 saturated carbocycles. The first kappa shape index (κ1) is 19.0. The minimum Gasteiger partial charge on any atom is -0.341 e. The zero-order valence-electron chi connectivity index (χ0n) is 16.1. The van der Waals surface area contributed by atoms with Gasteiger partial charge in [0.15, 0.2) is 0 Å². The van der Waals surface area contributed by atoms with E-state index < -0.39 is 0 Å². The second kappa shape index (κ2) is 7.72. The average molecular weight is 343 g/mol. The number of hydrogen-bond donors (Lipinski definition) is 0. The smallest absolute Gasteiger partial charge is 0.333 e. The molecule has 1 aromatic heterocycles. The number of carbonyl (C=O) groups excluding carboxylic acids is 1. The molecule has 0 bridgehead atoms. The van der Waals surface area contributed by atoms with Gasteiger partial charge in [-0.25, -0.2) is 4.79 Å². The van der Waals surface area contributed by atoms with Gasteiger partial charge in [-0.3, -0.25) is 13.9 Å². The summed E-state index contributed by atoms with van der Waals surface area (Å²) in [4.78, 5) is 27.5. The number of allylic oxidation sites excluding steroid dienone is 1. The van der Waals surface area contributed by atoms with Crippen LogP contribution in [-0.2, 0) is 11.3 Å². The highest BCUT2D eigenvalue weighted by Gasteiger charge is 2.19. The summed E-state index contributed by atoms with van der Waals surface area (Å²) >= 11 is 0. The van der Waals surface area contributed by atoms with E-state index in [1.54, 1.807) is 9.13 Å². The van der Waals surface area contributed by atoms with Gasteiger partial charge < -0.3 is 4.90 Å². The molecule has 2 rings (SSSR count). The summed E-state index contributed by atoms with van der Waals surface area (Å²) in [5, 5.41) is 0. The van der Waals surface area contributed by atoms with E-state index in [2.05, 4.69) is 20.4 Å². The Morgan fingerprint density at radius 3 is 2.08 bits per heavy atom. The molecule has 136 valence electrons. The molecule has 0 aliphatic rings. The summed E-state index contributed by atoms with van der Waals surface area (Å²) in [6.07, 6.45) is 1.82. The normalized spacial score (nSPS) is 11.1. The molecule has 5 nitrogen and oxygen atoms in total. The van der Waals surface area contributed by atoms with E-state index in [4.69, 9.17) is 0 Å². The minimum atomic E-state index is -0.200. The molecular formula is C20H29N3O2. The maximum absolute atomic E-state index is 12.9. The first-order chi connectivity index (χ1) is 11.8. The van der Waals surface area contributed by atoms with Gasteiger partial charge in [0, 0.05) is 18.8 Å². The summed E-state index contributed by atoms with van der Waals surface area (Å²) in [5.41, 5.74) is 4.27. The Hall–Kier alpha value is -2.30. The topological polar surface area (TPSA) is 47.2 Å². The van der Waals surface area contributed by atoms with Gasteiger partial charge in [-0.2, -0.15) is 0 Å². The van der Waals surface area contributed by atoms with Crippen LogP contribution in [0.15, 0.2) is 23.5 Å². The molecule has 1 aromatic carbocycles. The molecule has 1 amide bonds. The van der Waals surface area contributed by atoms with Crippen molar-refractivity contribution < 1.29 is 4.79 Å². The van der Waals surface area contributed by atoms with Crippen LogP contribution in [0.1, 0.15) is 44.7 Å². The summed E-state index contributed by atoms with van der Waals surface area (Å²) < 4.78 is 3.18. The molecule has 0 fully saturated rings. The monoisotopic (exact) mass is 343 g/mol. The Morgan fingerprint density at radius 1 is 1.08 bits per heavy atom. The molecule has 0 unspecified atom stereocenters. The molecule has 0 radical (unpaired) electrons. The summed E-state index contributed by atoms with van der Waals surface area (Å²) in [6.45, 7) is 15.4. The van der Waals surface area contributed by atoms with Crippen LogP contribution in [0, 0.1) is 13.8 Å². The number of rotatable bonds is 7. The second-order valence-corrected chi connectivity index (χ2v) is 6.75. The molecule has 5 heteroatoms. The fourth-order valence-electron chi connectivity index (χ4n) is 3.17. The van der Waals surface area contributed by atoms with Gasteiger partial charge in [0.1, 0.15) is 6.54 Å². The number of aromatic nitrogens is 2. The molecule has 0 atom stereocenters. The van der Waals surface area contributed by atoms with Crippen LogP contribution in [0.25, 0.3) is 16.7 Å². The average Bonchev–Trinajstić information content (AvgIpc) is 2.79. The van der Waals surface area contributed by atoms with E-state index in [-0.39, 0.29) is 18.1 Å². The highest BCUT2D eigenvalue weighted by atomic mass is 16.2. The summed E-state index contributed by atoms with van der Waals surface area (Å²) in [6, 6.07) is 3.99. The summed E-state index contributed by atoms with van der Waals surface area (Å²) in [5.74, 6) is -0.00945. The second-order valence-electron chi connectivity index (χ2n) is 6.75. The number of imidazole rings is 1. The third-order valence-electron chi connectivity index (χ3n) is 4.56. The minimum absolute atomic E-state index is 0.00945. The van der Waals surface area contributed by atoms with Crippen molar-refractivity contribution in [2.45, 2.75) is 54.0 Å². The lowest BCUT2D eigenvalue weighted by Crippen LogP contribution is -2.37. The van der Waals surface area contributed by atoms with Gasteiger partial charge in [0.25, 0.3) is 0 Å². The number of nitrogens with zero attached hydrogens (tertiary/aromatic N) is 3. The molecule has 25 heavy (non-hydrogen) atoms. The Morgan fingerprint density at radius 2 is 1.60 bits per heavy atom. The van der Waals surface area contributed by atoms with E-state index in [0.29, 0.717) is 5.70 Å². The summed E-state index contributed by atoms with van der Waals surface area (Å²) in [7, 11) is 0. The first-order valence-electron chi connectivity index (χ1n) is 8.97. The predicted molar refractivity (Wildman–Crippen MR) is 104 cm³/mol. The predicted octanol–water partition coefficient (Wildman–Crippen LogP) is 3.56. The molecule has 0 spiro atoms. The SMILES string of the molecule is C=C(C)n1c(=O)n(CC(=O)N(CCC)CCC)c2cc(C)c(C)cc21. The van der Waals surface area contributed by atoms with Crippen LogP contribution >= 0.6 is 0 Å². The number of carbonyl (C=O) groups is 1. The third-order valence-corrected chi connectivity index (χ3v) is 4.56. The lowest BCUT2D eigenvalue weighted by Gasteiger charge is -2.21. The van der Waals surface area contributed by atoms with Crippen molar-refractivity contribution in [3.05, 3.63) is 40.3 Å². The quantitative estimate of drug-likeness (QED) is 0.772. The number of fused-ring (bicyclic) bond motifs is 1. The van der Waals surface area contributed by atoms with Gasteiger partial charge in [-0.15, -0.1) is 0 Å². The standard InChI is InChI=1S/C20H29N3O2/c1-7-9-21(10-8-2)19(24)13-22-17-11-15(5)16(6)12-18(17)23(14(3)4)20(22)25/h11-12H,3,7-10,13H2,1-2,4-6H3. The van der Waals surface area contributed by atoms with E-state index in [1.807, 2.05) is 37.8 Å². The zero-order chi connectivity index (χ0) is 18.7. The molecular weight excluding hydrogens is 314 g/mol. The molecule has 0 aliphatic carbocycles. The fourth-order valence-corrected chi connectivity index (χ4v) is 3.17. The van der Waals surface area contributed by atoms with Crippen LogP contribution in [0.3, 0.4) is 0 Å². The number of hydrogen-bond acceptors (Lipinski definition) is 2. The van der Waals surface area contributed by atoms with Gasteiger partial charge in [0.2, 0.25) is 5.91 Å². The van der Waals surface area contributed by atoms with E-state index >= 15 is 0 Å². The van der Waals surface area contributed by atoms with Crippen molar-refractivity contribution in [2.75, 3.05) is 13.1 Å². The van der Waals surface area contributed by atoms with Crippen molar-refractivity contribution in [2.24, 2.45) is 0 Å². The van der Waals surface area contributed by atoms with Gasteiger partial charge >= 0.3 is 5.69 Å². The largest absolute Gasteiger partial charge is 0.341 e. The first-order valence-corrected chi connectivity index (χ1v) is 8.97. The lowest BCUT2D eigenvalue weighted by atomic mass is 10.1. The molecule has 1 heterocycles. The Bertz CT molecular complexity index is 852. The number of aryl methyl sites for hydroxylation is 2. The molecule has 0 saturated heterocycles. The lowest BCUT2D eigenvalue weighted by molar-refractivity contribution is -0.131. The number of amides is 1. The molecule has 0 N–H and O–H groups in total. The van der Waals surface area contributed by atoms with Crippen LogP contribution in [0.2, 0.25) is 0 Å². The Labute approximate surface area is 149 Å². The van der Waals surface area contributed by atoms with E-state index in [0.717, 1.165) is 48.1 Å². The van der Waals surface area contributed by atoms with Crippen LogP contribution in [-0.4, -0.2) is 33.0 Å². The van der Waals surface area contributed by atoms with Crippen molar-refractivity contribution in [1.29, 1.82) is 0 Å². The van der Waals surface area contributed by atoms with Crippen LogP contribution < -0.4 is 5.69 Å². The van der Waals surface area contributed by atoms with Gasteiger partial charge in [0.05, 0.1) is 11.0 Å². The van der Waals surface area contributed by atoms with Gasteiger partial charge in [-0.1, -0.05) is 20.4 Å². The van der Waals surface area contributed by atoms with Crippen molar-refractivity contribution in [1.82, 2.24) is 14.0 Å². The zero-order valence-corrected chi connectivity index (χ0v) is 16.1. The fraction of sp³-hybridized carbons (Fsp3) is 0.500. The van der Waals surface area contributed by atoms with E-state index in [9.17, 15) is 9.59 Å². The molecule has 2 aromatic rings. The van der Waals surface area contributed by atoms with Crippen molar-refractivity contribution in [3.63, 3.8) is 0 Å². The third kappa shape index (κ3) is 3.70. The Balaban J connectivity index is 2.56. The number of benzene rings is 1. The van der Waals surface area contributed by atoms with Crippen molar-refractivity contribution >= 4 is 22.6 Å². The maximum Gasteiger partial charge on any atom is 0.333 e.